The van der Waals surface area contributed by atoms with Gasteiger partial charge in [-0.2, -0.15) is 27.2 Å². The van der Waals surface area contributed by atoms with E-state index in [0.29, 0.717) is 12.0 Å². The van der Waals surface area contributed by atoms with E-state index in [4.69, 9.17) is 4.74 Å². The van der Waals surface area contributed by atoms with Crippen molar-refractivity contribution in [2.45, 2.75) is 44.2 Å². The fourth-order valence-corrected chi connectivity index (χ4v) is 4.77. The minimum absolute atomic E-state index is 0.131. The second-order valence-electron chi connectivity index (χ2n) is 5.83. The number of aromatic nitrogens is 3. The van der Waals surface area contributed by atoms with Crippen molar-refractivity contribution in [2.24, 2.45) is 5.92 Å². The molecule has 0 radical (unpaired) electrons. The van der Waals surface area contributed by atoms with Crippen molar-refractivity contribution in [3.05, 3.63) is 11.9 Å². The van der Waals surface area contributed by atoms with Crippen molar-refractivity contribution in [1.29, 1.82) is 0 Å². The fourth-order valence-electron chi connectivity index (χ4n) is 3.53. The Morgan fingerprint density at radius 2 is 2.40 bits per heavy atom. The van der Waals surface area contributed by atoms with Crippen LogP contribution in [0.15, 0.2) is 6.20 Å². The van der Waals surface area contributed by atoms with Crippen molar-refractivity contribution in [2.75, 3.05) is 24.7 Å². The van der Waals surface area contributed by atoms with Crippen LogP contribution in [0.4, 0.5) is 0 Å². The van der Waals surface area contributed by atoms with E-state index in [9.17, 15) is 0 Å². The van der Waals surface area contributed by atoms with E-state index in [1.54, 1.807) is 0 Å². The monoisotopic (exact) mass is 296 g/mol. The molecule has 2 N–H and O–H groups in total. The molecule has 6 heteroatoms. The van der Waals surface area contributed by atoms with Gasteiger partial charge in [0.2, 0.25) is 0 Å². The van der Waals surface area contributed by atoms with Crippen molar-refractivity contribution in [3.8, 4) is 0 Å². The highest BCUT2D eigenvalue weighted by Gasteiger charge is 2.41. The van der Waals surface area contributed by atoms with Gasteiger partial charge in [-0.15, -0.1) is 0 Å². The minimum atomic E-state index is 0.131. The summed E-state index contributed by atoms with van der Waals surface area (Å²) in [6, 6.07) is 0.300. The molecular formula is C14H24N4OS. The van der Waals surface area contributed by atoms with Crippen LogP contribution < -0.4 is 5.32 Å². The van der Waals surface area contributed by atoms with E-state index in [2.05, 4.69) is 39.4 Å². The highest BCUT2D eigenvalue weighted by Crippen LogP contribution is 2.43. The van der Waals surface area contributed by atoms with E-state index < -0.39 is 0 Å². The molecule has 0 bridgehead atoms. The Morgan fingerprint density at radius 3 is 3.10 bits per heavy atom. The molecule has 2 aliphatic rings. The maximum atomic E-state index is 6.20. The Balaban J connectivity index is 1.73. The van der Waals surface area contributed by atoms with Crippen molar-refractivity contribution >= 4 is 11.8 Å². The molecule has 5 nitrogen and oxygen atoms in total. The second-order valence-corrected chi connectivity index (χ2v) is 7.05. The lowest BCUT2D eigenvalue weighted by molar-refractivity contribution is -0.107. The van der Waals surface area contributed by atoms with Gasteiger partial charge in [0.15, 0.2) is 0 Å². The van der Waals surface area contributed by atoms with Crippen LogP contribution in [0.25, 0.3) is 0 Å². The number of hydrogen-bond donors (Lipinski definition) is 2. The first-order valence-corrected chi connectivity index (χ1v) is 8.79. The van der Waals surface area contributed by atoms with Crippen LogP contribution >= 0.6 is 11.8 Å². The smallest absolute Gasteiger partial charge is 0.0996 e. The Bertz CT molecular complexity index is 400. The zero-order valence-corrected chi connectivity index (χ0v) is 12.9. The van der Waals surface area contributed by atoms with Crippen LogP contribution in [0.2, 0.25) is 0 Å². The molecular weight excluding hydrogens is 272 g/mol. The van der Waals surface area contributed by atoms with Gasteiger partial charge in [-0.25, -0.2) is 0 Å². The molecule has 0 aromatic carbocycles. The number of rotatable bonds is 4. The van der Waals surface area contributed by atoms with Gasteiger partial charge in [0.1, 0.15) is 0 Å². The zero-order chi connectivity index (χ0) is 13.8. The molecule has 1 spiro atoms. The van der Waals surface area contributed by atoms with Gasteiger partial charge in [0.05, 0.1) is 23.5 Å². The van der Waals surface area contributed by atoms with Crippen molar-refractivity contribution < 1.29 is 4.74 Å². The summed E-state index contributed by atoms with van der Waals surface area (Å²) in [6.45, 7) is 3.99. The molecule has 2 saturated heterocycles. The number of H-pyrrole nitrogens is 1. The standard InChI is InChI=1S/C14H24N4OS/c1-2-15-13(12-10-16-18-17-12)11-3-6-19-14(9-11)4-7-20-8-5-14/h10-11,13,15H,2-9H2,1H3,(H,16,17,18). The summed E-state index contributed by atoms with van der Waals surface area (Å²) in [7, 11) is 0. The SMILES string of the molecule is CCNC(c1cn[nH]n1)C1CCOC2(CCSCC2)C1. The predicted molar refractivity (Wildman–Crippen MR) is 80.8 cm³/mol. The predicted octanol–water partition coefficient (Wildman–Crippen LogP) is 2.15. The number of thioether (sulfide) groups is 1. The van der Waals surface area contributed by atoms with E-state index in [-0.39, 0.29) is 5.60 Å². The third-order valence-corrected chi connectivity index (χ3v) is 5.57. The lowest BCUT2D eigenvalue weighted by Gasteiger charge is -2.45. The molecule has 2 unspecified atom stereocenters. The molecule has 1 aromatic heterocycles. The molecule has 0 amide bonds. The summed E-state index contributed by atoms with van der Waals surface area (Å²) in [5, 5.41) is 14.6. The maximum absolute atomic E-state index is 6.20. The van der Waals surface area contributed by atoms with Crippen LogP contribution in [0, 0.1) is 5.92 Å². The summed E-state index contributed by atoms with van der Waals surface area (Å²) in [5.74, 6) is 3.07. The fraction of sp³-hybridized carbons (Fsp3) is 0.857. The van der Waals surface area contributed by atoms with Gasteiger partial charge in [-0.05, 0) is 49.7 Å². The first-order chi connectivity index (χ1) is 9.83. The molecule has 112 valence electrons. The van der Waals surface area contributed by atoms with Crippen LogP contribution in [-0.4, -0.2) is 45.7 Å². The lowest BCUT2D eigenvalue weighted by atomic mass is 9.78. The van der Waals surface area contributed by atoms with Crippen molar-refractivity contribution in [3.63, 3.8) is 0 Å². The number of nitrogens with zero attached hydrogens (tertiary/aromatic N) is 2. The lowest BCUT2D eigenvalue weighted by Crippen LogP contribution is -2.45. The topological polar surface area (TPSA) is 62.8 Å². The third kappa shape index (κ3) is 3.02. The van der Waals surface area contributed by atoms with Gasteiger partial charge < -0.3 is 10.1 Å². The molecule has 2 fully saturated rings. The van der Waals surface area contributed by atoms with Gasteiger partial charge in [-0.1, -0.05) is 6.92 Å². The Hall–Kier alpha value is -0.590. The van der Waals surface area contributed by atoms with E-state index in [1.807, 2.05) is 6.20 Å². The van der Waals surface area contributed by atoms with Crippen LogP contribution in [0.1, 0.15) is 44.3 Å². The van der Waals surface area contributed by atoms with Gasteiger partial charge in [0, 0.05) is 6.61 Å². The second kappa shape index (κ2) is 6.45. The molecule has 1 aromatic rings. The number of hydrogen-bond acceptors (Lipinski definition) is 5. The number of ether oxygens (including phenoxy) is 1. The van der Waals surface area contributed by atoms with E-state index in [1.165, 1.54) is 24.3 Å². The molecule has 3 heterocycles. The highest BCUT2D eigenvalue weighted by atomic mass is 32.2. The zero-order valence-electron chi connectivity index (χ0n) is 12.1. The Morgan fingerprint density at radius 1 is 1.55 bits per heavy atom. The summed E-state index contributed by atoms with van der Waals surface area (Å²) in [6.07, 6.45) is 6.52. The van der Waals surface area contributed by atoms with Crippen LogP contribution in [0.5, 0.6) is 0 Å². The summed E-state index contributed by atoms with van der Waals surface area (Å²) < 4.78 is 6.20. The normalized spacial score (nSPS) is 27.6. The van der Waals surface area contributed by atoms with Gasteiger partial charge >= 0.3 is 0 Å². The van der Waals surface area contributed by atoms with E-state index >= 15 is 0 Å². The molecule has 2 aliphatic heterocycles. The molecule has 2 atom stereocenters. The molecule has 0 saturated carbocycles. The summed E-state index contributed by atoms with van der Waals surface area (Å²) >= 11 is 2.06. The molecule has 0 aliphatic carbocycles. The van der Waals surface area contributed by atoms with E-state index in [0.717, 1.165) is 31.7 Å². The average Bonchev–Trinajstić information content (AvgIpc) is 2.99. The molecule has 3 rings (SSSR count). The summed E-state index contributed by atoms with van der Waals surface area (Å²) in [5.41, 5.74) is 1.17. The largest absolute Gasteiger partial charge is 0.375 e. The maximum Gasteiger partial charge on any atom is 0.0996 e. The third-order valence-electron chi connectivity index (χ3n) is 4.58. The Kier molecular flexibility index (Phi) is 4.63. The number of nitrogens with one attached hydrogen (secondary N) is 2. The van der Waals surface area contributed by atoms with Crippen LogP contribution in [0.3, 0.4) is 0 Å². The summed E-state index contributed by atoms with van der Waals surface area (Å²) in [4.78, 5) is 0. The average molecular weight is 296 g/mol. The number of aromatic amines is 1. The first-order valence-electron chi connectivity index (χ1n) is 7.64. The quantitative estimate of drug-likeness (QED) is 0.891. The van der Waals surface area contributed by atoms with Crippen LogP contribution in [-0.2, 0) is 4.74 Å². The minimum Gasteiger partial charge on any atom is -0.375 e. The Labute approximate surface area is 124 Å². The van der Waals surface area contributed by atoms with Gasteiger partial charge in [-0.3, -0.25) is 0 Å². The van der Waals surface area contributed by atoms with Crippen molar-refractivity contribution in [1.82, 2.24) is 20.7 Å². The molecule has 20 heavy (non-hydrogen) atoms. The van der Waals surface area contributed by atoms with Gasteiger partial charge in [0.25, 0.3) is 0 Å². The highest BCUT2D eigenvalue weighted by molar-refractivity contribution is 7.99. The first kappa shape index (κ1) is 14.4.